The number of carbonyl (C=O) groups is 1. The van der Waals surface area contributed by atoms with Gasteiger partial charge in [-0.25, -0.2) is 4.57 Å². The van der Waals surface area contributed by atoms with E-state index in [-0.39, 0.29) is 17.2 Å². The molecule has 0 fully saturated rings. The van der Waals surface area contributed by atoms with E-state index in [9.17, 15) is 9.59 Å². The quantitative estimate of drug-likeness (QED) is 0.350. The van der Waals surface area contributed by atoms with E-state index in [0.29, 0.717) is 32.5 Å². The van der Waals surface area contributed by atoms with Gasteiger partial charge in [-0.05, 0) is 55.3 Å². The number of hydrogen-bond acceptors (Lipinski definition) is 5. The van der Waals surface area contributed by atoms with Crippen molar-refractivity contribution in [3.8, 4) is 5.69 Å². The lowest BCUT2D eigenvalue weighted by Gasteiger charge is -2.13. The SMILES string of the molecule is Cc1ccccc1-n1c(=O)c2ccccc2n2c(SCC(=O)Nc3cccc(Cl)c3C)nnc12. The van der Waals surface area contributed by atoms with Crippen molar-refractivity contribution in [3.05, 3.63) is 93.2 Å². The Morgan fingerprint density at radius 2 is 1.76 bits per heavy atom. The van der Waals surface area contributed by atoms with Gasteiger partial charge in [0.05, 0.1) is 22.3 Å². The summed E-state index contributed by atoms with van der Waals surface area (Å²) in [4.78, 5) is 26.1. The van der Waals surface area contributed by atoms with Gasteiger partial charge >= 0.3 is 0 Å². The lowest BCUT2D eigenvalue weighted by atomic mass is 10.2. The first-order valence-electron chi connectivity index (χ1n) is 10.6. The Morgan fingerprint density at radius 3 is 2.59 bits per heavy atom. The molecule has 0 aliphatic carbocycles. The summed E-state index contributed by atoms with van der Waals surface area (Å²) in [7, 11) is 0. The van der Waals surface area contributed by atoms with Gasteiger partial charge in [0.25, 0.3) is 5.56 Å². The lowest BCUT2D eigenvalue weighted by molar-refractivity contribution is -0.113. The molecule has 5 rings (SSSR count). The largest absolute Gasteiger partial charge is 0.325 e. The minimum Gasteiger partial charge on any atom is -0.325 e. The maximum atomic E-state index is 13.4. The first-order chi connectivity index (χ1) is 16.5. The van der Waals surface area contributed by atoms with Crippen LogP contribution in [-0.2, 0) is 4.79 Å². The van der Waals surface area contributed by atoms with Crippen molar-refractivity contribution in [1.82, 2.24) is 19.2 Å². The number of thioether (sulfide) groups is 1. The molecule has 1 N–H and O–H groups in total. The topological polar surface area (TPSA) is 81.3 Å². The molecule has 0 aliphatic rings. The highest BCUT2D eigenvalue weighted by Crippen LogP contribution is 2.26. The molecule has 0 atom stereocenters. The number of rotatable bonds is 5. The van der Waals surface area contributed by atoms with Crippen LogP contribution in [0.25, 0.3) is 22.4 Å². The summed E-state index contributed by atoms with van der Waals surface area (Å²) in [6.07, 6.45) is 0. The molecule has 0 unspecified atom stereocenters. The highest BCUT2D eigenvalue weighted by Gasteiger charge is 2.19. The van der Waals surface area contributed by atoms with Crippen molar-refractivity contribution in [3.63, 3.8) is 0 Å². The zero-order valence-corrected chi connectivity index (χ0v) is 20.0. The third kappa shape index (κ3) is 3.85. The first kappa shape index (κ1) is 22.2. The molecule has 0 bridgehead atoms. The summed E-state index contributed by atoms with van der Waals surface area (Å²) < 4.78 is 3.40. The summed E-state index contributed by atoms with van der Waals surface area (Å²) in [5.74, 6) is 0.320. The number of para-hydroxylation sites is 2. The molecule has 2 aromatic heterocycles. The number of carbonyl (C=O) groups excluding carboxylic acids is 1. The Kier molecular flexibility index (Phi) is 5.85. The minimum atomic E-state index is -0.191. The molecule has 170 valence electrons. The summed E-state index contributed by atoms with van der Waals surface area (Å²) in [6.45, 7) is 3.80. The molecule has 5 aromatic rings. The van der Waals surface area contributed by atoms with Crippen molar-refractivity contribution in [2.75, 3.05) is 11.1 Å². The predicted octanol–water partition coefficient (Wildman–Crippen LogP) is 5.03. The van der Waals surface area contributed by atoms with Crippen molar-refractivity contribution in [1.29, 1.82) is 0 Å². The maximum absolute atomic E-state index is 13.4. The van der Waals surface area contributed by atoms with Crippen LogP contribution in [-0.4, -0.2) is 30.8 Å². The molecular formula is C25H20ClN5O2S. The Bertz CT molecular complexity index is 1630. The van der Waals surface area contributed by atoms with Crippen LogP contribution in [0.1, 0.15) is 11.1 Å². The average molecular weight is 490 g/mol. The van der Waals surface area contributed by atoms with Gasteiger partial charge in [0, 0.05) is 10.7 Å². The molecule has 7 nitrogen and oxygen atoms in total. The fourth-order valence-electron chi connectivity index (χ4n) is 3.86. The normalized spacial score (nSPS) is 11.3. The lowest BCUT2D eigenvalue weighted by Crippen LogP contribution is -2.22. The molecule has 0 saturated heterocycles. The highest BCUT2D eigenvalue weighted by atomic mass is 35.5. The molecule has 3 aromatic carbocycles. The van der Waals surface area contributed by atoms with Crippen LogP contribution in [0.2, 0.25) is 5.02 Å². The number of benzene rings is 3. The first-order valence-corrected chi connectivity index (χ1v) is 11.9. The zero-order chi connectivity index (χ0) is 23.8. The van der Waals surface area contributed by atoms with Crippen molar-refractivity contribution in [2.45, 2.75) is 19.0 Å². The standard InChI is InChI=1S/C25H20ClN5O2S/c1-15-8-3-5-12-20(15)30-23(33)17-9-4-6-13-21(17)31-24(30)28-29-25(31)34-14-22(32)27-19-11-7-10-18(26)16(19)2/h3-13H,14H2,1-2H3,(H,27,32). The summed E-state index contributed by atoms with van der Waals surface area (Å²) in [5.41, 5.74) is 3.67. The Balaban J connectivity index is 1.56. The highest BCUT2D eigenvalue weighted by molar-refractivity contribution is 7.99. The van der Waals surface area contributed by atoms with Crippen molar-refractivity contribution < 1.29 is 4.79 Å². The number of amides is 1. The van der Waals surface area contributed by atoms with E-state index >= 15 is 0 Å². The van der Waals surface area contributed by atoms with Gasteiger partial charge < -0.3 is 5.32 Å². The van der Waals surface area contributed by atoms with Crippen LogP contribution in [0.3, 0.4) is 0 Å². The van der Waals surface area contributed by atoms with Crippen LogP contribution in [0.15, 0.2) is 76.7 Å². The van der Waals surface area contributed by atoms with Crippen LogP contribution < -0.4 is 10.9 Å². The van der Waals surface area contributed by atoms with Crippen LogP contribution >= 0.6 is 23.4 Å². The second kappa shape index (κ2) is 8.96. The number of halogens is 1. The Morgan fingerprint density at radius 1 is 1.00 bits per heavy atom. The minimum absolute atomic E-state index is 0.116. The molecule has 2 heterocycles. The van der Waals surface area contributed by atoms with E-state index in [4.69, 9.17) is 11.6 Å². The number of nitrogens with zero attached hydrogens (tertiary/aromatic N) is 4. The third-order valence-electron chi connectivity index (χ3n) is 5.63. The monoisotopic (exact) mass is 489 g/mol. The van der Waals surface area contributed by atoms with Crippen LogP contribution in [0, 0.1) is 13.8 Å². The predicted molar refractivity (Wildman–Crippen MR) is 136 cm³/mol. The van der Waals surface area contributed by atoms with Gasteiger partial charge in [0.15, 0.2) is 5.16 Å². The number of nitrogens with one attached hydrogen (secondary N) is 1. The maximum Gasteiger partial charge on any atom is 0.267 e. The second-order valence-electron chi connectivity index (χ2n) is 7.81. The second-order valence-corrected chi connectivity index (χ2v) is 9.16. The summed E-state index contributed by atoms with van der Waals surface area (Å²) in [5, 5.41) is 13.2. The van der Waals surface area contributed by atoms with Crippen molar-refractivity contribution in [2.24, 2.45) is 0 Å². The number of aryl methyl sites for hydroxylation is 1. The van der Waals surface area contributed by atoms with Gasteiger partial charge in [-0.3, -0.25) is 14.0 Å². The van der Waals surface area contributed by atoms with Gasteiger partial charge in [0.2, 0.25) is 11.7 Å². The summed E-state index contributed by atoms with van der Waals surface area (Å²) >= 11 is 7.41. The van der Waals surface area contributed by atoms with E-state index in [1.165, 1.54) is 11.8 Å². The van der Waals surface area contributed by atoms with E-state index in [1.54, 1.807) is 22.8 Å². The smallest absolute Gasteiger partial charge is 0.267 e. The molecular weight excluding hydrogens is 470 g/mol. The van der Waals surface area contributed by atoms with E-state index in [0.717, 1.165) is 16.8 Å². The van der Waals surface area contributed by atoms with E-state index < -0.39 is 0 Å². The Hall–Kier alpha value is -3.62. The van der Waals surface area contributed by atoms with E-state index in [1.807, 2.05) is 66.8 Å². The molecule has 0 spiro atoms. The molecule has 9 heteroatoms. The van der Waals surface area contributed by atoms with Gasteiger partial charge in [-0.15, -0.1) is 10.2 Å². The number of hydrogen-bond donors (Lipinski definition) is 1. The van der Waals surface area contributed by atoms with Crippen LogP contribution in [0.5, 0.6) is 0 Å². The van der Waals surface area contributed by atoms with Gasteiger partial charge in [0.1, 0.15) is 0 Å². The third-order valence-corrected chi connectivity index (χ3v) is 6.96. The molecule has 1 amide bonds. The van der Waals surface area contributed by atoms with Crippen molar-refractivity contribution >= 4 is 51.6 Å². The fourth-order valence-corrected chi connectivity index (χ4v) is 4.78. The zero-order valence-electron chi connectivity index (χ0n) is 18.4. The summed E-state index contributed by atoms with van der Waals surface area (Å²) in [6, 6.07) is 20.4. The van der Waals surface area contributed by atoms with E-state index in [2.05, 4.69) is 15.5 Å². The molecule has 0 aliphatic heterocycles. The molecule has 34 heavy (non-hydrogen) atoms. The van der Waals surface area contributed by atoms with Gasteiger partial charge in [-0.1, -0.05) is 59.8 Å². The Labute approximate surface area is 204 Å². The fraction of sp³-hybridized carbons (Fsp3) is 0.120. The molecule has 0 radical (unpaired) electrons. The number of aromatic nitrogens is 4. The average Bonchev–Trinajstić information content (AvgIpc) is 3.26. The molecule has 0 saturated carbocycles. The number of fused-ring (bicyclic) bond motifs is 3. The van der Waals surface area contributed by atoms with Crippen LogP contribution in [0.4, 0.5) is 5.69 Å². The van der Waals surface area contributed by atoms with Gasteiger partial charge in [-0.2, -0.15) is 0 Å². The number of anilines is 1.